The van der Waals surface area contributed by atoms with Gasteiger partial charge in [-0.15, -0.1) is 0 Å². The normalized spacial score (nSPS) is 11.3. The first-order valence-corrected chi connectivity index (χ1v) is 6.87. The second kappa shape index (κ2) is 6.74. The fourth-order valence-corrected chi connectivity index (χ4v) is 1.82. The molecule has 0 amide bonds. The highest BCUT2D eigenvalue weighted by Gasteiger charge is 2.13. The zero-order chi connectivity index (χ0) is 13.6. The molecular formula is C15H24N2S. The molecule has 18 heavy (non-hydrogen) atoms. The minimum atomic E-state index is 0.344. The first-order valence-electron chi connectivity index (χ1n) is 6.47. The highest BCUT2D eigenvalue weighted by Crippen LogP contribution is 2.22. The Balaban J connectivity index is 2.66. The highest BCUT2D eigenvalue weighted by atomic mass is 32.1. The summed E-state index contributed by atoms with van der Waals surface area (Å²) in [5.41, 5.74) is 7.20. The first kappa shape index (κ1) is 15.0. The maximum atomic E-state index is 5.61. The summed E-state index contributed by atoms with van der Waals surface area (Å²) in [6.45, 7) is 8.74. The van der Waals surface area contributed by atoms with E-state index >= 15 is 0 Å². The predicted octanol–water partition coefficient (Wildman–Crippen LogP) is 3.61. The van der Waals surface area contributed by atoms with Crippen molar-refractivity contribution < 1.29 is 0 Å². The van der Waals surface area contributed by atoms with Gasteiger partial charge < -0.3 is 10.6 Å². The van der Waals surface area contributed by atoms with Crippen LogP contribution in [0, 0.1) is 5.41 Å². The quantitative estimate of drug-likeness (QED) is 0.796. The van der Waals surface area contributed by atoms with Gasteiger partial charge in [-0.1, -0.05) is 51.2 Å². The average Bonchev–Trinajstić information content (AvgIpc) is 2.28. The van der Waals surface area contributed by atoms with Crippen LogP contribution in [-0.4, -0.2) is 18.1 Å². The third-order valence-electron chi connectivity index (χ3n) is 2.88. The standard InChI is InChI=1S/C15H24N2S/c1-15(2,3)10-12-17(11-9-14(16)18)13-7-5-4-6-8-13/h4-8H,9-12H2,1-3H3,(H2,16,18). The van der Waals surface area contributed by atoms with Crippen LogP contribution in [0.25, 0.3) is 0 Å². The van der Waals surface area contributed by atoms with Gasteiger partial charge in [0.15, 0.2) is 0 Å². The number of rotatable bonds is 6. The predicted molar refractivity (Wildman–Crippen MR) is 84.1 cm³/mol. The summed E-state index contributed by atoms with van der Waals surface area (Å²) >= 11 is 4.97. The van der Waals surface area contributed by atoms with Crippen LogP contribution in [0.4, 0.5) is 5.69 Å². The smallest absolute Gasteiger partial charge is 0.0745 e. The Morgan fingerprint density at radius 2 is 1.78 bits per heavy atom. The summed E-state index contributed by atoms with van der Waals surface area (Å²) < 4.78 is 0. The van der Waals surface area contributed by atoms with Crippen molar-refractivity contribution in [2.75, 3.05) is 18.0 Å². The number of anilines is 1. The van der Waals surface area contributed by atoms with Crippen molar-refractivity contribution in [2.45, 2.75) is 33.6 Å². The lowest BCUT2D eigenvalue weighted by atomic mass is 9.92. The molecule has 2 N–H and O–H groups in total. The third kappa shape index (κ3) is 6.01. The topological polar surface area (TPSA) is 29.3 Å². The minimum Gasteiger partial charge on any atom is -0.393 e. The van der Waals surface area contributed by atoms with E-state index in [0.29, 0.717) is 10.4 Å². The average molecular weight is 264 g/mol. The molecule has 0 aliphatic carbocycles. The maximum Gasteiger partial charge on any atom is 0.0745 e. The summed E-state index contributed by atoms with van der Waals surface area (Å²) in [5.74, 6) is 0. The number of benzene rings is 1. The van der Waals surface area contributed by atoms with E-state index in [4.69, 9.17) is 18.0 Å². The molecule has 2 nitrogen and oxygen atoms in total. The maximum absolute atomic E-state index is 5.61. The van der Waals surface area contributed by atoms with Crippen LogP contribution in [0.3, 0.4) is 0 Å². The molecule has 0 bridgehead atoms. The van der Waals surface area contributed by atoms with Gasteiger partial charge in [0.1, 0.15) is 0 Å². The second-order valence-electron chi connectivity index (χ2n) is 5.85. The van der Waals surface area contributed by atoms with Crippen LogP contribution in [0.5, 0.6) is 0 Å². The van der Waals surface area contributed by atoms with Gasteiger partial charge in [-0.2, -0.15) is 0 Å². The highest BCUT2D eigenvalue weighted by molar-refractivity contribution is 7.80. The van der Waals surface area contributed by atoms with E-state index < -0.39 is 0 Å². The van der Waals surface area contributed by atoms with Crippen molar-refractivity contribution in [1.82, 2.24) is 0 Å². The van der Waals surface area contributed by atoms with Gasteiger partial charge in [-0.25, -0.2) is 0 Å². The summed E-state index contributed by atoms with van der Waals surface area (Å²) in [6.07, 6.45) is 1.92. The molecule has 1 aromatic rings. The number of nitrogens with zero attached hydrogens (tertiary/aromatic N) is 1. The Hall–Kier alpha value is -1.09. The molecular weight excluding hydrogens is 240 g/mol. The number of para-hydroxylation sites is 1. The molecule has 0 aromatic heterocycles. The van der Waals surface area contributed by atoms with E-state index in [1.165, 1.54) is 5.69 Å². The van der Waals surface area contributed by atoms with Crippen LogP contribution < -0.4 is 10.6 Å². The molecule has 0 radical (unpaired) electrons. The molecule has 0 fully saturated rings. The lowest BCUT2D eigenvalue weighted by Crippen LogP contribution is -2.30. The zero-order valence-electron chi connectivity index (χ0n) is 11.6. The first-order chi connectivity index (χ1) is 8.38. The van der Waals surface area contributed by atoms with Crippen molar-refractivity contribution in [3.05, 3.63) is 30.3 Å². The molecule has 100 valence electrons. The Morgan fingerprint density at radius 1 is 1.17 bits per heavy atom. The summed E-state index contributed by atoms with van der Waals surface area (Å²) in [4.78, 5) is 2.96. The minimum absolute atomic E-state index is 0.344. The third-order valence-corrected chi connectivity index (χ3v) is 3.09. The van der Waals surface area contributed by atoms with E-state index in [1.54, 1.807) is 0 Å². The van der Waals surface area contributed by atoms with Crippen LogP contribution in [0.1, 0.15) is 33.6 Å². The fraction of sp³-hybridized carbons (Fsp3) is 0.533. The Kier molecular flexibility index (Phi) is 5.60. The molecule has 3 heteroatoms. The van der Waals surface area contributed by atoms with E-state index in [9.17, 15) is 0 Å². The molecule has 0 spiro atoms. The zero-order valence-corrected chi connectivity index (χ0v) is 12.5. The Bertz CT molecular complexity index is 368. The number of thiocarbonyl (C=S) groups is 1. The van der Waals surface area contributed by atoms with E-state index in [0.717, 1.165) is 25.9 Å². The number of nitrogens with two attached hydrogens (primary N) is 1. The lowest BCUT2D eigenvalue weighted by molar-refractivity contribution is 0.379. The van der Waals surface area contributed by atoms with Gasteiger partial charge in [0.2, 0.25) is 0 Å². The summed E-state index contributed by atoms with van der Waals surface area (Å²) in [7, 11) is 0. The van der Waals surface area contributed by atoms with Crippen LogP contribution in [-0.2, 0) is 0 Å². The van der Waals surface area contributed by atoms with Gasteiger partial charge in [-0.05, 0) is 24.0 Å². The van der Waals surface area contributed by atoms with Gasteiger partial charge in [0.25, 0.3) is 0 Å². The van der Waals surface area contributed by atoms with E-state index in [-0.39, 0.29) is 0 Å². The summed E-state index contributed by atoms with van der Waals surface area (Å²) in [6, 6.07) is 10.5. The number of hydrogen-bond donors (Lipinski definition) is 1. The van der Waals surface area contributed by atoms with Crippen molar-refractivity contribution >= 4 is 22.9 Å². The largest absolute Gasteiger partial charge is 0.393 e. The van der Waals surface area contributed by atoms with E-state index in [1.807, 2.05) is 6.07 Å². The molecule has 0 saturated carbocycles. The summed E-state index contributed by atoms with van der Waals surface area (Å²) in [5, 5.41) is 0. The molecule has 0 saturated heterocycles. The van der Waals surface area contributed by atoms with Crippen molar-refractivity contribution in [3.8, 4) is 0 Å². The van der Waals surface area contributed by atoms with Crippen molar-refractivity contribution in [3.63, 3.8) is 0 Å². The molecule has 0 heterocycles. The van der Waals surface area contributed by atoms with Gasteiger partial charge >= 0.3 is 0 Å². The molecule has 0 unspecified atom stereocenters. The Labute approximate surface area is 116 Å². The monoisotopic (exact) mass is 264 g/mol. The molecule has 0 aliphatic heterocycles. The molecule has 1 rings (SSSR count). The van der Waals surface area contributed by atoms with Gasteiger partial charge in [-0.3, -0.25) is 0 Å². The van der Waals surface area contributed by atoms with Crippen LogP contribution in [0.2, 0.25) is 0 Å². The molecule has 0 aliphatic rings. The van der Waals surface area contributed by atoms with Crippen molar-refractivity contribution in [1.29, 1.82) is 0 Å². The molecule has 0 atom stereocenters. The fourth-order valence-electron chi connectivity index (χ4n) is 1.72. The van der Waals surface area contributed by atoms with Crippen LogP contribution in [0.15, 0.2) is 30.3 Å². The lowest BCUT2D eigenvalue weighted by Gasteiger charge is -2.28. The van der Waals surface area contributed by atoms with E-state index in [2.05, 4.69) is 49.9 Å². The van der Waals surface area contributed by atoms with Gasteiger partial charge in [0, 0.05) is 25.2 Å². The molecule has 1 aromatic carbocycles. The SMILES string of the molecule is CC(C)(C)CCN(CCC(N)=S)c1ccccc1. The second-order valence-corrected chi connectivity index (χ2v) is 6.37. The van der Waals surface area contributed by atoms with Crippen LogP contribution >= 0.6 is 12.2 Å². The Morgan fingerprint density at radius 3 is 2.28 bits per heavy atom. The number of hydrogen-bond acceptors (Lipinski definition) is 2. The van der Waals surface area contributed by atoms with Gasteiger partial charge in [0.05, 0.1) is 4.99 Å². The van der Waals surface area contributed by atoms with Crippen molar-refractivity contribution in [2.24, 2.45) is 11.1 Å².